The number of primary sulfonamides is 1. The highest BCUT2D eigenvalue weighted by molar-refractivity contribution is 7.89. The molecule has 3 rings (SSSR count). The predicted octanol–water partition coefficient (Wildman–Crippen LogP) is 4.55. The fourth-order valence-corrected chi connectivity index (χ4v) is 3.87. The van der Waals surface area contributed by atoms with Gasteiger partial charge in [0.1, 0.15) is 10.6 Å². The van der Waals surface area contributed by atoms with Crippen LogP contribution in [0.4, 0.5) is 5.69 Å². The van der Waals surface area contributed by atoms with E-state index in [1.54, 1.807) is 42.7 Å². The van der Waals surface area contributed by atoms with Gasteiger partial charge in [0.2, 0.25) is 10.0 Å². The first-order valence-electron chi connectivity index (χ1n) is 10.5. The Morgan fingerprint density at radius 3 is 2.56 bits per heavy atom. The van der Waals surface area contributed by atoms with Gasteiger partial charge in [0.15, 0.2) is 11.5 Å². The van der Waals surface area contributed by atoms with Gasteiger partial charge in [-0.15, -0.1) is 0 Å². The zero-order valence-corrected chi connectivity index (χ0v) is 18.8. The van der Waals surface area contributed by atoms with E-state index >= 15 is 0 Å². The van der Waals surface area contributed by atoms with Crippen molar-refractivity contribution in [2.45, 2.75) is 37.5 Å². The Hall–Kier alpha value is -3.23. The molecule has 32 heavy (non-hydrogen) atoms. The van der Waals surface area contributed by atoms with Crippen LogP contribution in [0.15, 0.2) is 71.9 Å². The predicted molar refractivity (Wildman–Crippen MR) is 125 cm³/mol. The summed E-state index contributed by atoms with van der Waals surface area (Å²) in [6.07, 6.45) is 5.91. The molecule has 0 amide bonds. The molecule has 0 fully saturated rings. The van der Waals surface area contributed by atoms with Crippen molar-refractivity contribution in [3.8, 4) is 11.5 Å². The lowest BCUT2D eigenvalue weighted by atomic mass is 10.0. The molecule has 3 aromatic rings. The molecular weight excluding hydrogens is 426 g/mol. The van der Waals surface area contributed by atoms with Crippen LogP contribution in [-0.4, -0.2) is 25.7 Å². The molecule has 1 heterocycles. The van der Waals surface area contributed by atoms with E-state index in [1.165, 1.54) is 6.07 Å². The number of benzene rings is 2. The fraction of sp³-hybridized carbons (Fsp3) is 0.250. The van der Waals surface area contributed by atoms with E-state index in [0.29, 0.717) is 24.4 Å². The summed E-state index contributed by atoms with van der Waals surface area (Å²) in [4.78, 5) is 16.8. The van der Waals surface area contributed by atoms with E-state index in [2.05, 4.69) is 17.2 Å². The number of pyridine rings is 1. The van der Waals surface area contributed by atoms with Crippen molar-refractivity contribution >= 4 is 21.5 Å². The number of sulfonamides is 1. The second-order valence-corrected chi connectivity index (χ2v) is 8.91. The SMILES string of the molecule is CCCCNc1cc(C(=O)CCc2cccnc2)cc(S(N)(=O)=O)c1Oc1ccccc1. The van der Waals surface area contributed by atoms with E-state index in [0.717, 1.165) is 18.4 Å². The van der Waals surface area contributed by atoms with Gasteiger partial charge in [-0.25, -0.2) is 13.6 Å². The van der Waals surface area contributed by atoms with Gasteiger partial charge >= 0.3 is 0 Å². The second-order valence-electron chi connectivity index (χ2n) is 7.38. The largest absolute Gasteiger partial charge is 0.454 e. The lowest BCUT2D eigenvalue weighted by Crippen LogP contribution is -2.16. The van der Waals surface area contributed by atoms with Crippen LogP contribution in [0.5, 0.6) is 11.5 Å². The number of carbonyl (C=O) groups is 1. The highest BCUT2D eigenvalue weighted by Gasteiger charge is 2.23. The molecular formula is C24H27N3O4S. The van der Waals surface area contributed by atoms with Gasteiger partial charge in [0, 0.05) is 30.9 Å². The third-order valence-electron chi connectivity index (χ3n) is 4.86. The molecule has 0 aliphatic carbocycles. The summed E-state index contributed by atoms with van der Waals surface area (Å²) in [5, 5.41) is 8.72. The first-order valence-corrected chi connectivity index (χ1v) is 12.0. The van der Waals surface area contributed by atoms with E-state index in [4.69, 9.17) is 9.88 Å². The number of Topliss-reactive ketones (excluding diaryl/α,β-unsaturated/α-hetero) is 1. The molecule has 0 aliphatic rings. The standard InChI is InChI=1S/C24H27N3O4S/c1-2-3-14-27-21-15-19(22(28)12-11-18-8-7-13-26-17-18)16-23(32(25,29)30)24(21)31-20-9-5-4-6-10-20/h4-10,13,15-17,27H,2-3,11-12,14H2,1H3,(H2,25,29,30). The molecule has 0 aliphatic heterocycles. The molecule has 168 valence electrons. The second kappa shape index (κ2) is 10.9. The molecule has 7 nitrogen and oxygen atoms in total. The molecule has 8 heteroatoms. The average Bonchev–Trinajstić information content (AvgIpc) is 2.79. The summed E-state index contributed by atoms with van der Waals surface area (Å²) in [5.74, 6) is 0.355. The Kier molecular flexibility index (Phi) is 7.97. The minimum Gasteiger partial charge on any atom is -0.454 e. The number of nitrogens with zero attached hydrogens (tertiary/aromatic N) is 1. The van der Waals surface area contributed by atoms with Crippen LogP contribution in [-0.2, 0) is 16.4 Å². The molecule has 0 radical (unpaired) electrons. The molecule has 0 unspecified atom stereocenters. The minimum atomic E-state index is -4.16. The number of nitrogens with one attached hydrogen (secondary N) is 1. The van der Waals surface area contributed by atoms with Crippen molar-refractivity contribution in [3.05, 3.63) is 78.1 Å². The van der Waals surface area contributed by atoms with Crippen molar-refractivity contribution in [1.82, 2.24) is 4.98 Å². The van der Waals surface area contributed by atoms with Crippen LogP contribution >= 0.6 is 0 Å². The molecule has 0 saturated carbocycles. The summed E-state index contributed by atoms with van der Waals surface area (Å²) in [6.45, 7) is 2.65. The zero-order chi connectivity index (χ0) is 23.0. The first-order chi connectivity index (χ1) is 15.4. The number of aryl methyl sites for hydroxylation is 1. The fourth-order valence-electron chi connectivity index (χ4n) is 3.17. The summed E-state index contributed by atoms with van der Waals surface area (Å²) in [5.41, 5.74) is 1.61. The smallest absolute Gasteiger partial charge is 0.241 e. The Balaban J connectivity index is 1.98. The third-order valence-corrected chi connectivity index (χ3v) is 5.77. The van der Waals surface area contributed by atoms with Crippen LogP contribution in [0.2, 0.25) is 0 Å². The number of hydrogen-bond donors (Lipinski definition) is 2. The number of ether oxygens (including phenoxy) is 1. The number of ketones is 1. The minimum absolute atomic E-state index is 0.0820. The van der Waals surface area contributed by atoms with Gasteiger partial charge in [-0.05, 0) is 48.7 Å². The highest BCUT2D eigenvalue weighted by atomic mass is 32.2. The van der Waals surface area contributed by atoms with Gasteiger partial charge < -0.3 is 10.1 Å². The van der Waals surface area contributed by atoms with Crippen molar-refractivity contribution in [2.75, 3.05) is 11.9 Å². The van der Waals surface area contributed by atoms with E-state index in [1.807, 2.05) is 18.2 Å². The van der Waals surface area contributed by atoms with Crippen LogP contribution in [0.25, 0.3) is 0 Å². The lowest BCUT2D eigenvalue weighted by Gasteiger charge is -2.18. The Morgan fingerprint density at radius 2 is 1.91 bits per heavy atom. The van der Waals surface area contributed by atoms with Gasteiger partial charge in [-0.1, -0.05) is 37.6 Å². The van der Waals surface area contributed by atoms with Crippen LogP contribution in [0.3, 0.4) is 0 Å². The van der Waals surface area contributed by atoms with Crippen LogP contribution in [0, 0.1) is 0 Å². The molecule has 0 bridgehead atoms. The van der Waals surface area contributed by atoms with Gasteiger partial charge in [0.25, 0.3) is 0 Å². The van der Waals surface area contributed by atoms with Gasteiger partial charge in [-0.3, -0.25) is 9.78 Å². The summed E-state index contributed by atoms with van der Waals surface area (Å²) >= 11 is 0. The van der Waals surface area contributed by atoms with Crippen molar-refractivity contribution < 1.29 is 17.9 Å². The number of para-hydroxylation sites is 1. The summed E-state index contributed by atoms with van der Waals surface area (Å²) < 4.78 is 30.8. The average molecular weight is 454 g/mol. The monoisotopic (exact) mass is 453 g/mol. The highest BCUT2D eigenvalue weighted by Crippen LogP contribution is 2.37. The molecule has 3 N–H and O–H groups in total. The number of nitrogens with two attached hydrogens (primary N) is 1. The normalized spacial score (nSPS) is 11.2. The van der Waals surface area contributed by atoms with Gasteiger partial charge in [-0.2, -0.15) is 0 Å². The maximum atomic E-state index is 12.9. The lowest BCUT2D eigenvalue weighted by molar-refractivity contribution is 0.0982. The molecule has 0 atom stereocenters. The van der Waals surface area contributed by atoms with Gasteiger partial charge in [0.05, 0.1) is 5.69 Å². The molecule has 0 saturated heterocycles. The Bertz CT molecular complexity index is 1150. The number of carbonyl (C=O) groups excluding carboxylic acids is 1. The first kappa shape index (κ1) is 23.4. The van der Waals surface area contributed by atoms with Crippen molar-refractivity contribution in [3.63, 3.8) is 0 Å². The van der Waals surface area contributed by atoms with E-state index < -0.39 is 10.0 Å². The molecule has 1 aromatic heterocycles. The zero-order valence-electron chi connectivity index (χ0n) is 18.0. The summed E-state index contributed by atoms with van der Waals surface area (Å²) in [6, 6.07) is 15.5. The summed E-state index contributed by atoms with van der Waals surface area (Å²) in [7, 11) is -4.16. The number of aromatic nitrogens is 1. The molecule has 0 spiro atoms. The maximum absolute atomic E-state index is 12.9. The number of unbranched alkanes of at least 4 members (excludes halogenated alkanes) is 1. The van der Waals surface area contributed by atoms with Crippen molar-refractivity contribution in [1.29, 1.82) is 0 Å². The third kappa shape index (κ3) is 6.38. The number of hydrogen-bond acceptors (Lipinski definition) is 6. The van der Waals surface area contributed by atoms with Crippen LogP contribution < -0.4 is 15.2 Å². The Morgan fingerprint density at radius 1 is 1.12 bits per heavy atom. The quantitative estimate of drug-likeness (QED) is 0.325. The van der Waals surface area contributed by atoms with E-state index in [9.17, 15) is 13.2 Å². The Labute approximate surface area is 188 Å². The molecule has 2 aromatic carbocycles. The number of anilines is 1. The van der Waals surface area contributed by atoms with Crippen LogP contribution in [0.1, 0.15) is 42.1 Å². The number of rotatable bonds is 11. The van der Waals surface area contributed by atoms with Crippen molar-refractivity contribution in [2.24, 2.45) is 5.14 Å². The topological polar surface area (TPSA) is 111 Å². The van der Waals surface area contributed by atoms with E-state index in [-0.39, 0.29) is 28.4 Å². The maximum Gasteiger partial charge on any atom is 0.241 e.